The Balaban J connectivity index is 2.47. The third-order valence-electron chi connectivity index (χ3n) is 2.67. The molecule has 0 aliphatic carbocycles. The zero-order chi connectivity index (χ0) is 9.26. The molecule has 2 rings (SSSR count). The molecule has 68 valence electrons. The van der Waals surface area contributed by atoms with Crippen LogP contribution in [0.4, 0.5) is 0 Å². The Kier molecular flexibility index (Phi) is 2.19. The number of benzene rings is 1. The van der Waals surface area contributed by atoms with Crippen LogP contribution in [0.3, 0.4) is 0 Å². The lowest BCUT2D eigenvalue weighted by molar-refractivity contribution is 0.601. The van der Waals surface area contributed by atoms with Gasteiger partial charge >= 0.3 is 0 Å². The van der Waals surface area contributed by atoms with Gasteiger partial charge in [-0.25, -0.2) is 0 Å². The normalized spacial score (nSPS) is 20.8. The summed E-state index contributed by atoms with van der Waals surface area (Å²) < 4.78 is 0. The van der Waals surface area contributed by atoms with Crippen molar-refractivity contribution in [3.05, 3.63) is 47.5 Å². The molecule has 0 spiro atoms. The molecular weight excluding hydrogens is 158 g/mol. The van der Waals surface area contributed by atoms with Gasteiger partial charge in [0.15, 0.2) is 0 Å². The quantitative estimate of drug-likeness (QED) is 0.643. The van der Waals surface area contributed by atoms with E-state index in [1.54, 1.807) is 0 Å². The molecule has 0 fully saturated rings. The number of hydrogen-bond donors (Lipinski definition) is 1. The van der Waals surface area contributed by atoms with Gasteiger partial charge in [-0.15, -0.1) is 6.58 Å². The van der Waals surface area contributed by atoms with Crippen LogP contribution in [0.2, 0.25) is 0 Å². The molecular formula is C12H15N. The van der Waals surface area contributed by atoms with Gasteiger partial charge in [0.25, 0.3) is 0 Å². The van der Waals surface area contributed by atoms with Crippen LogP contribution < -0.4 is 5.32 Å². The van der Waals surface area contributed by atoms with E-state index in [2.05, 4.69) is 37.0 Å². The fraction of sp³-hybridized carbons (Fsp3) is 0.333. The molecule has 0 saturated heterocycles. The molecule has 1 nitrogen and oxygen atoms in total. The summed E-state index contributed by atoms with van der Waals surface area (Å²) in [5.74, 6) is 0.489. The van der Waals surface area contributed by atoms with E-state index >= 15 is 0 Å². The highest BCUT2D eigenvalue weighted by Crippen LogP contribution is 2.25. The van der Waals surface area contributed by atoms with Crippen molar-refractivity contribution in [1.82, 2.24) is 5.32 Å². The standard InChI is InChI=1S/C12H15N/c1-3-10-7-13-8-11-5-4-9(2)6-12(10)11/h3-6,10,13H,1,7-8H2,2H3. The van der Waals surface area contributed by atoms with Gasteiger partial charge in [-0.2, -0.15) is 0 Å². The van der Waals surface area contributed by atoms with Gasteiger partial charge < -0.3 is 5.32 Å². The second kappa shape index (κ2) is 3.35. The van der Waals surface area contributed by atoms with Gasteiger partial charge in [-0.1, -0.05) is 29.8 Å². The largest absolute Gasteiger partial charge is 0.312 e. The van der Waals surface area contributed by atoms with Crippen LogP contribution in [-0.2, 0) is 6.54 Å². The van der Waals surface area contributed by atoms with E-state index in [9.17, 15) is 0 Å². The molecule has 0 bridgehead atoms. The molecule has 1 aliphatic rings. The van der Waals surface area contributed by atoms with Crippen molar-refractivity contribution in [1.29, 1.82) is 0 Å². The first-order valence-corrected chi connectivity index (χ1v) is 4.74. The van der Waals surface area contributed by atoms with Gasteiger partial charge in [0, 0.05) is 19.0 Å². The van der Waals surface area contributed by atoms with Crippen LogP contribution in [-0.4, -0.2) is 6.54 Å². The monoisotopic (exact) mass is 173 g/mol. The molecule has 1 aromatic carbocycles. The van der Waals surface area contributed by atoms with E-state index in [1.165, 1.54) is 16.7 Å². The maximum atomic E-state index is 3.87. The second-order valence-electron chi connectivity index (χ2n) is 3.68. The summed E-state index contributed by atoms with van der Waals surface area (Å²) >= 11 is 0. The SMILES string of the molecule is C=CC1CNCc2ccc(C)cc21. The molecule has 1 N–H and O–H groups in total. The average Bonchev–Trinajstić information content (AvgIpc) is 2.17. The molecule has 0 amide bonds. The fourth-order valence-electron chi connectivity index (χ4n) is 1.90. The zero-order valence-electron chi connectivity index (χ0n) is 8.01. The van der Waals surface area contributed by atoms with E-state index in [0.717, 1.165) is 13.1 Å². The van der Waals surface area contributed by atoms with E-state index in [0.29, 0.717) is 5.92 Å². The molecule has 1 atom stereocenters. The minimum atomic E-state index is 0.489. The lowest BCUT2D eigenvalue weighted by Crippen LogP contribution is -2.27. The smallest absolute Gasteiger partial charge is 0.0208 e. The number of fused-ring (bicyclic) bond motifs is 1. The van der Waals surface area contributed by atoms with E-state index in [-0.39, 0.29) is 0 Å². The van der Waals surface area contributed by atoms with Crippen LogP contribution in [0.5, 0.6) is 0 Å². The topological polar surface area (TPSA) is 12.0 Å². The highest BCUT2D eigenvalue weighted by molar-refractivity contribution is 5.38. The Labute approximate surface area is 79.5 Å². The summed E-state index contributed by atoms with van der Waals surface area (Å²) in [5.41, 5.74) is 4.21. The fourth-order valence-corrected chi connectivity index (χ4v) is 1.90. The summed E-state index contributed by atoms with van der Waals surface area (Å²) in [4.78, 5) is 0. The molecule has 13 heavy (non-hydrogen) atoms. The minimum Gasteiger partial charge on any atom is -0.312 e. The molecule has 0 radical (unpaired) electrons. The van der Waals surface area contributed by atoms with E-state index < -0.39 is 0 Å². The van der Waals surface area contributed by atoms with Crippen molar-refractivity contribution < 1.29 is 0 Å². The Bertz CT molecular complexity index is 328. The van der Waals surface area contributed by atoms with Crippen molar-refractivity contribution in [3.63, 3.8) is 0 Å². The van der Waals surface area contributed by atoms with Crippen molar-refractivity contribution in [2.75, 3.05) is 6.54 Å². The number of rotatable bonds is 1. The van der Waals surface area contributed by atoms with Crippen molar-refractivity contribution >= 4 is 0 Å². The predicted octanol–water partition coefficient (Wildman–Crippen LogP) is 2.37. The predicted molar refractivity (Wildman–Crippen MR) is 55.8 cm³/mol. The zero-order valence-corrected chi connectivity index (χ0v) is 8.01. The van der Waals surface area contributed by atoms with Crippen molar-refractivity contribution in [2.24, 2.45) is 0 Å². The third-order valence-corrected chi connectivity index (χ3v) is 2.67. The maximum Gasteiger partial charge on any atom is 0.0208 e. The molecule has 0 saturated carbocycles. The lowest BCUT2D eigenvalue weighted by Gasteiger charge is -2.24. The highest BCUT2D eigenvalue weighted by atomic mass is 14.9. The third kappa shape index (κ3) is 1.52. The van der Waals surface area contributed by atoms with Gasteiger partial charge in [-0.05, 0) is 18.1 Å². The first-order valence-electron chi connectivity index (χ1n) is 4.74. The summed E-state index contributed by atoms with van der Waals surface area (Å²) in [6.07, 6.45) is 2.03. The molecule has 1 unspecified atom stereocenters. The summed E-state index contributed by atoms with van der Waals surface area (Å²) in [7, 11) is 0. The molecule has 1 aromatic rings. The summed E-state index contributed by atoms with van der Waals surface area (Å²) in [5, 5.41) is 3.39. The Morgan fingerprint density at radius 2 is 2.38 bits per heavy atom. The molecule has 0 aromatic heterocycles. The number of hydrogen-bond acceptors (Lipinski definition) is 1. The van der Waals surface area contributed by atoms with Crippen LogP contribution in [0.15, 0.2) is 30.9 Å². The van der Waals surface area contributed by atoms with Crippen molar-refractivity contribution in [2.45, 2.75) is 19.4 Å². The van der Waals surface area contributed by atoms with E-state index in [1.807, 2.05) is 6.08 Å². The first-order chi connectivity index (χ1) is 6.31. The summed E-state index contributed by atoms with van der Waals surface area (Å²) in [6.45, 7) is 8.04. The van der Waals surface area contributed by atoms with Crippen LogP contribution in [0, 0.1) is 6.92 Å². The van der Waals surface area contributed by atoms with Gasteiger partial charge in [0.1, 0.15) is 0 Å². The van der Waals surface area contributed by atoms with Crippen LogP contribution >= 0.6 is 0 Å². The van der Waals surface area contributed by atoms with Gasteiger partial charge in [0.2, 0.25) is 0 Å². The number of aryl methyl sites for hydroxylation is 1. The van der Waals surface area contributed by atoms with Crippen LogP contribution in [0.25, 0.3) is 0 Å². The summed E-state index contributed by atoms with van der Waals surface area (Å²) in [6, 6.07) is 6.67. The molecule has 1 aliphatic heterocycles. The highest BCUT2D eigenvalue weighted by Gasteiger charge is 2.16. The second-order valence-corrected chi connectivity index (χ2v) is 3.68. The minimum absolute atomic E-state index is 0.489. The Hall–Kier alpha value is -1.08. The first kappa shape index (κ1) is 8.52. The molecule has 1 heteroatoms. The number of nitrogens with one attached hydrogen (secondary N) is 1. The Morgan fingerprint density at radius 1 is 1.54 bits per heavy atom. The Morgan fingerprint density at radius 3 is 3.15 bits per heavy atom. The van der Waals surface area contributed by atoms with Gasteiger partial charge in [0.05, 0.1) is 0 Å². The van der Waals surface area contributed by atoms with E-state index in [4.69, 9.17) is 0 Å². The van der Waals surface area contributed by atoms with Gasteiger partial charge in [-0.3, -0.25) is 0 Å². The molecule has 1 heterocycles. The lowest BCUT2D eigenvalue weighted by atomic mass is 9.90. The maximum absolute atomic E-state index is 3.87. The van der Waals surface area contributed by atoms with Crippen LogP contribution in [0.1, 0.15) is 22.6 Å². The average molecular weight is 173 g/mol. The van der Waals surface area contributed by atoms with Crippen molar-refractivity contribution in [3.8, 4) is 0 Å².